The fourth-order valence-corrected chi connectivity index (χ4v) is 5.80. The normalized spacial score (nSPS) is 16.7. The van der Waals surface area contributed by atoms with E-state index < -0.39 is 15.8 Å². The number of hydrogen-bond acceptors (Lipinski definition) is 4. The van der Waals surface area contributed by atoms with E-state index in [1.165, 1.54) is 15.9 Å². The van der Waals surface area contributed by atoms with Gasteiger partial charge in [0.1, 0.15) is 5.82 Å². The Morgan fingerprint density at radius 2 is 1.82 bits per heavy atom. The molecule has 0 aliphatic carbocycles. The summed E-state index contributed by atoms with van der Waals surface area (Å²) < 4.78 is 40.5. The molecular formula is C24H31ClFN3O3S. The van der Waals surface area contributed by atoms with Crippen molar-refractivity contribution in [3.63, 3.8) is 0 Å². The van der Waals surface area contributed by atoms with Crippen molar-refractivity contribution in [2.24, 2.45) is 5.92 Å². The van der Waals surface area contributed by atoms with Crippen LogP contribution in [-0.4, -0.2) is 57.3 Å². The number of likely N-dealkylation sites (N-methyl/N-ethyl adjacent to an activating group) is 1. The van der Waals surface area contributed by atoms with Crippen LogP contribution in [0.4, 0.5) is 4.39 Å². The molecule has 9 heteroatoms. The number of amides is 1. The summed E-state index contributed by atoms with van der Waals surface area (Å²) in [5, 5.41) is 2.82. The number of halogens is 2. The Hall–Kier alpha value is -2.00. The van der Waals surface area contributed by atoms with E-state index in [9.17, 15) is 17.6 Å². The van der Waals surface area contributed by atoms with Crippen molar-refractivity contribution in [2.75, 3.05) is 33.7 Å². The lowest BCUT2D eigenvalue weighted by Crippen LogP contribution is -2.44. The van der Waals surface area contributed by atoms with Crippen LogP contribution in [0.3, 0.4) is 0 Å². The summed E-state index contributed by atoms with van der Waals surface area (Å²) in [6, 6.07) is 11.8. The van der Waals surface area contributed by atoms with Crippen LogP contribution < -0.4 is 5.32 Å². The quantitative estimate of drug-likeness (QED) is 0.603. The molecule has 33 heavy (non-hydrogen) atoms. The average molecular weight is 496 g/mol. The van der Waals surface area contributed by atoms with Gasteiger partial charge in [-0.2, -0.15) is 4.31 Å². The van der Waals surface area contributed by atoms with Gasteiger partial charge in [-0.3, -0.25) is 4.79 Å². The molecule has 3 rings (SSSR count). The first-order valence-corrected chi connectivity index (χ1v) is 12.9. The molecule has 6 nitrogen and oxygen atoms in total. The van der Waals surface area contributed by atoms with Gasteiger partial charge in [-0.05, 0) is 62.7 Å². The minimum atomic E-state index is -3.79. The summed E-state index contributed by atoms with van der Waals surface area (Å²) in [6.07, 6.45) is 1.84. The number of hydrogen-bond donors (Lipinski definition) is 1. The SMILES string of the molecule is CCc1ccc([C@H](CNC(=O)C2CCN(S(=O)(=O)c3ccc(F)c(Cl)c3)CC2)N(C)C)cc1. The lowest BCUT2D eigenvalue weighted by Gasteiger charge is -2.31. The zero-order valence-electron chi connectivity index (χ0n) is 19.2. The molecular weight excluding hydrogens is 465 g/mol. The number of carbonyl (C=O) groups excluding carboxylic acids is 1. The molecule has 1 fully saturated rings. The molecule has 2 aromatic carbocycles. The molecule has 180 valence electrons. The standard InChI is InChI=1S/C24H31ClFN3O3S/c1-4-17-5-7-18(8-6-17)23(28(2)3)16-27-24(30)19-11-13-29(14-12-19)33(31,32)20-9-10-22(26)21(25)15-20/h5-10,15,19,23H,4,11-14,16H2,1-3H3,(H,27,30)/t23-/m0/s1. The number of aryl methyl sites for hydroxylation is 1. The molecule has 0 bridgehead atoms. The van der Waals surface area contributed by atoms with Gasteiger partial charge in [0.05, 0.1) is 16.0 Å². The number of carbonyl (C=O) groups is 1. The summed E-state index contributed by atoms with van der Waals surface area (Å²) >= 11 is 5.75. The minimum Gasteiger partial charge on any atom is -0.354 e. The lowest BCUT2D eigenvalue weighted by molar-refractivity contribution is -0.126. The Bertz CT molecular complexity index is 1070. The van der Waals surface area contributed by atoms with E-state index in [-0.39, 0.29) is 40.9 Å². The highest BCUT2D eigenvalue weighted by atomic mass is 35.5. The van der Waals surface area contributed by atoms with Crippen LogP contribution in [0, 0.1) is 11.7 Å². The molecule has 1 aliphatic rings. The molecule has 1 heterocycles. The highest BCUT2D eigenvalue weighted by Gasteiger charge is 2.32. The van der Waals surface area contributed by atoms with Crippen molar-refractivity contribution in [2.45, 2.75) is 37.1 Å². The average Bonchev–Trinajstić information content (AvgIpc) is 2.81. The molecule has 0 radical (unpaired) electrons. The topological polar surface area (TPSA) is 69.7 Å². The molecule has 0 saturated carbocycles. The fraction of sp³-hybridized carbons (Fsp3) is 0.458. The molecule has 1 aliphatic heterocycles. The number of rotatable bonds is 8. The fourth-order valence-electron chi connectivity index (χ4n) is 4.06. The third-order valence-corrected chi connectivity index (χ3v) is 8.40. The van der Waals surface area contributed by atoms with Crippen molar-refractivity contribution >= 4 is 27.5 Å². The van der Waals surface area contributed by atoms with Gasteiger partial charge in [-0.25, -0.2) is 12.8 Å². The zero-order chi connectivity index (χ0) is 24.2. The van der Waals surface area contributed by atoms with E-state index in [1.807, 2.05) is 14.1 Å². The highest BCUT2D eigenvalue weighted by molar-refractivity contribution is 7.89. The highest BCUT2D eigenvalue weighted by Crippen LogP contribution is 2.27. The van der Waals surface area contributed by atoms with Crippen molar-refractivity contribution in [1.29, 1.82) is 0 Å². The Labute approximate surface area is 200 Å². The number of piperidine rings is 1. The second-order valence-electron chi connectivity index (χ2n) is 8.57. The van der Waals surface area contributed by atoms with E-state index in [0.29, 0.717) is 19.4 Å². The Balaban J connectivity index is 1.57. The number of nitrogens with one attached hydrogen (secondary N) is 1. The Morgan fingerprint density at radius 3 is 2.36 bits per heavy atom. The summed E-state index contributed by atoms with van der Waals surface area (Å²) in [6.45, 7) is 3.05. The second kappa shape index (κ2) is 11.0. The van der Waals surface area contributed by atoms with Crippen LogP contribution in [0.5, 0.6) is 0 Å². The van der Waals surface area contributed by atoms with E-state index >= 15 is 0 Å². The van der Waals surface area contributed by atoms with Gasteiger partial charge in [0, 0.05) is 25.6 Å². The molecule has 2 aromatic rings. The molecule has 0 aromatic heterocycles. The Morgan fingerprint density at radius 1 is 1.18 bits per heavy atom. The van der Waals surface area contributed by atoms with Crippen LogP contribution in [-0.2, 0) is 21.2 Å². The molecule has 1 saturated heterocycles. The van der Waals surface area contributed by atoms with E-state index in [4.69, 9.17) is 11.6 Å². The van der Waals surface area contributed by atoms with Crippen LogP contribution >= 0.6 is 11.6 Å². The predicted molar refractivity (Wildman–Crippen MR) is 128 cm³/mol. The number of benzene rings is 2. The van der Waals surface area contributed by atoms with Gasteiger partial charge in [0.2, 0.25) is 15.9 Å². The van der Waals surface area contributed by atoms with Gasteiger partial charge in [-0.15, -0.1) is 0 Å². The molecule has 1 amide bonds. The van der Waals surface area contributed by atoms with Crippen molar-refractivity contribution in [3.8, 4) is 0 Å². The first-order valence-electron chi connectivity index (χ1n) is 11.1. The van der Waals surface area contributed by atoms with Crippen molar-refractivity contribution in [3.05, 3.63) is 64.4 Å². The third kappa shape index (κ3) is 6.12. The van der Waals surface area contributed by atoms with Crippen LogP contribution in [0.1, 0.15) is 36.9 Å². The molecule has 0 unspecified atom stereocenters. The maximum Gasteiger partial charge on any atom is 0.243 e. The summed E-state index contributed by atoms with van der Waals surface area (Å²) in [4.78, 5) is 14.8. The van der Waals surface area contributed by atoms with Crippen molar-refractivity contribution in [1.82, 2.24) is 14.5 Å². The summed E-state index contributed by atoms with van der Waals surface area (Å²) in [5.41, 5.74) is 2.40. The van der Waals surface area contributed by atoms with Gasteiger partial charge in [0.25, 0.3) is 0 Å². The lowest BCUT2D eigenvalue weighted by atomic mass is 9.96. The van der Waals surface area contributed by atoms with Gasteiger partial charge in [-0.1, -0.05) is 42.8 Å². The van der Waals surface area contributed by atoms with Gasteiger partial charge in [0.15, 0.2) is 0 Å². The zero-order valence-corrected chi connectivity index (χ0v) is 20.8. The second-order valence-corrected chi connectivity index (χ2v) is 10.9. The smallest absolute Gasteiger partial charge is 0.243 e. The van der Waals surface area contributed by atoms with Gasteiger partial charge < -0.3 is 10.2 Å². The molecule has 1 N–H and O–H groups in total. The van der Waals surface area contributed by atoms with E-state index in [1.54, 1.807) is 0 Å². The maximum atomic E-state index is 13.4. The Kier molecular flexibility index (Phi) is 8.50. The van der Waals surface area contributed by atoms with E-state index in [2.05, 4.69) is 41.4 Å². The minimum absolute atomic E-state index is 0.0419. The monoisotopic (exact) mass is 495 g/mol. The van der Waals surface area contributed by atoms with Gasteiger partial charge >= 0.3 is 0 Å². The van der Waals surface area contributed by atoms with Crippen LogP contribution in [0.2, 0.25) is 5.02 Å². The van der Waals surface area contributed by atoms with E-state index in [0.717, 1.165) is 24.1 Å². The van der Waals surface area contributed by atoms with Crippen molar-refractivity contribution < 1.29 is 17.6 Å². The third-order valence-electron chi connectivity index (χ3n) is 6.22. The first-order chi connectivity index (χ1) is 15.6. The molecule has 1 atom stereocenters. The van der Waals surface area contributed by atoms with Crippen LogP contribution in [0.15, 0.2) is 47.4 Å². The number of nitrogens with zero attached hydrogens (tertiary/aromatic N) is 2. The maximum absolute atomic E-state index is 13.4. The van der Waals surface area contributed by atoms with Crippen LogP contribution in [0.25, 0.3) is 0 Å². The largest absolute Gasteiger partial charge is 0.354 e. The summed E-state index contributed by atoms with van der Waals surface area (Å²) in [7, 11) is 0.178. The number of sulfonamides is 1. The first kappa shape index (κ1) is 25.6. The predicted octanol–water partition coefficient (Wildman–Crippen LogP) is 3.86. The summed E-state index contributed by atoms with van der Waals surface area (Å²) in [5.74, 6) is -0.976. The molecule has 0 spiro atoms.